The molecule has 0 aliphatic heterocycles. The monoisotopic (exact) mass is 416 g/mol. The van der Waals surface area contributed by atoms with Crippen LogP contribution >= 0.6 is 23.8 Å². The number of aliphatic hydroxyl groups is 1. The fourth-order valence-electron chi connectivity index (χ4n) is 2.51. The summed E-state index contributed by atoms with van der Waals surface area (Å²) in [7, 11) is 1.50. The van der Waals surface area contributed by atoms with E-state index in [1.165, 1.54) is 13.2 Å². The van der Waals surface area contributed by atoms with E-state index in [0.29, 0.717) is 33.5 Å². The van der Waals surface area contributed by atoms with Gasteiger partial charge in [0.1, 0.15) is 23.9 Å². The molecule has 0 saturated carbocycles. The van der Waals surface area contributed by atoms with Crippen molar-refractivity contribution in [3.05, 3.63) is 70.9 Å². The molecule has 6 nitrogen and oxygen atoms in total. The number of benzene rings is 2. The highest BCUT2D eigenvalue weighted by molar-refractivity contribution is 7.80. The summed E-state index contributed by atoms with van der Waals surface area (Å²) < 4.78 is 10.6. The van der Waals surface area contributed by atoms with Crippen LogP contribution in [-0.2, 0) is 6.61 Å². The van der Waals surface area contributed by atoms with Crippen LogP contribution < -0.4 is 15.4 Å². The van der Waals surface area contributed by atoms with E-state index in [0.717, 1.165) is 5.56 Å². The van der Waals surface area contributed by atoms with Crippen molar-refractivity contribution in [2.24, 2.45) is 0 Å². The van der Waals surface area contributed by atoms with Gasteiger partial charge in [0, 0.05) is 16.8 Å². The number of hydrogen-bond donors (Lipinski definition) is 3. The van der Waals surface area contributed by atoms with Gasteiger partial charge in [-0.15, -0.1) is 0 Å². The smallest absolute Gasteiger partial charge is 0.257 e. The van der Waals surface area contributed by atoms with Gasteiger partial charge in [0.05, 0.1) is 12.1 Å². The fraction of sp³-hybridized carbons (Fsp3) is 0.100. The number of carbonyl (C=O) groups is 1. The standard InChI is InChI=1S/C20H17ClN2O4S/c1-26-18-7-5-13(10-16(18)21)19(25)23-20(28)22-14-4-2-3-12(9-14)17-8-6-15(11-24)27-17/h2-10,24H,11H2,1H3,(H2,22,23,25,28). The van der Waals surface area contributed by atoms with E-state index in [-0.39, 0.29) is 11.7 Å². The van der Waals surface area contributed by atoms with Crippen LogP contribution in [0.1, 0.15) is 16.1 Å². The van der Waals surface area contributed by atoms with Crippen molar-refractivity contribution >= 4 is 40.5 Å². The predicted molar refractivity (Wildman–Crippen MR) is 112 cm³/mol. The molecule has 0 atom stereocenters. The molecule has 2 aromatic carbocycles. The second-order valence-corrected chi connectivity index (χ2v) is 6.58. The molecule has 1 heterocycles. The van der Waals surface area contributed by atoms with Gasteiger partial charge < -0.3 is 19.6 Å². The SMILES string of the molecule is COc1ccc(C(=O)NC(=S)Nc2cccc(-c3ccc(CO)o3)c2)cc1Cl. The van der Waals surface area contributed by atoms with Crippen LogP contribution in [-0.4, -0.2) is 23.2 Å². The molecule has 0 saturated heterocycles. The average Bonchev–Trinajstić information content (AvgIpc) is 3.17. The van der Waals surface area contributed by atoms with E-state index >= 15 is 0 Å². The Balaban J connectivity index is 1.67. The Morgan fingerprint density at radius 1 is 1.21 bits per heavy atom. The number of thiocarbonyl (C=S) groups is 1. The molecular weight excluding hydrogens is 400 g/mol. The molecule has 28 heavy (non-hydrogen) atoms. The minimum absolute atomic E-state index is 0.143. The van der Waals surface area contributed by atoms with Gasteiger partial charge in [-0.05, 0) is 54.7 Å². The number of nitrogens with one attached hydrogen (secondary N) is 2. The molecule has 0 radical (unpaired) electrons. The Bertz CT molecular complexity index is 1020. The van der Waals surface area contributed by atoms with Crippen molar-refractivity contribution in [1.29, 1.82) is 0 Å². The Hall–Kier alpha value is -2.87. The van der Waals surface area contributed by atoms with Crippen LogP contribution in [0.2, 0.25) is 5.02 Å². The van der Waals surface area contributed by atoms with Gasteiger partial charge in [0.15, 0.2) is 5.11 Å². The van der Waals surface area contributed by atoms with Crippen LogP contribution in [0, 0.1) is 0 Å². The number of anilines is 1. The minimum Gasteiger partial charge on any atom is -0.495 e. The van der Waals surface area contributed by atoms with Crippen LogP contribution in [0.4, 0.5) is 5.69 Å². The Labute approximate surface area is 172 Å². The first-order valence-corrected chi connectivity index (χ1v) is 9.04. The maximum Gasteiger partial charge on any atom is 0.257 e. The third kappa shape index (κ3) is 4.69. The summed E-state index contributed by atoms with van der Waals surface area (Å²) in [5, 5.41) is 15.2. The van der Waals surface area contributed by atoms with Crippen LogP contribution in [0.5, 0.6) is 5.75 Å². The number of furan rings is 1. The lowest BCUT2D eigenvalue weighted by Gasteiger charge is -2.11. The van der Waals surface area contributed by atoms with E-state index < -0.39 is 5.91 Å². The molecule has 3 N–H and O–H groups in total. The second-order valence-electron chi connectivity index (χ2n) is 5.76. The van der Waals surface area contributed by atoms with Gasteiger partial charge in [-0.2, -0.15) is 0 Å². The van der Waals surface area contributed by atoms with Crippen molar-refractivity contribution < 1.29 is 19.1 Å². The first-order chi connectivity index (χ1) is 13.5. The lowest BCUT2D eigenvalue weighted by Crippen LogP contribution is -2.34. The Kier molecular flexibility index (Phi) is 6.30. The van der Waals surface area contributed by atoms with Gasteiger partial charge >= 0.3 is 0 Å². The molecule has 0 spiro atoms. The molecule has 8 heteroatoms. The summed E-state index contributed by atoms with van der Waals surface area (Å²) in [6, 6.07) is 15.5. The maximum atomic E-state index is 12.3. The lowest BCUT2D eigenvalue weighted by molar-refractivity contribution is 0.0977. The summed E-state index contributed by atoms with van der Waals surface area (Å²) >= 11 is 11.3. The van der Waals surface area contributed by atoms with Crippen LogP contribution in [0.25, 0.3) is 11.3 Å². The van der Waals surface area contributed by atoms with E-state index in [1.807, 2.05) is 24.3 Å². The minimum atomic E-state index is -0.392. The first kappa shape index (κ1) is 19.9. The summed E-state index contributed by atoms with van der Waals surface area (Å²) in [6.07, 6.45) is 0. The highest BCUT2D eigenvalue weighted by Gasteiger charge is 2.11. The quantitative estimate of drug-likeness (QED) is 0.540. The Morgan fingerprint density at radius 2 is 2.04 bits per heavy atom. The molecule has 1 amide bonds. The first-order valence-electron chi connectivity index (χ1n) is 8.26. The number of ether oxygens (including phenoxy) is 1. The highest BCUT2D eigenvalue weighted by Crippen LogP contribution is 2.26. The topological polar surface area (TPSA) is 83.7 Å². The summed E-state index contributed by atoms with van der Waals surface area (Å²) in [6.45, 7) is -0.163. The van der Waals surface area contributed by atoms with E-state index in [4.69, 9.17) is 38.1 Å². The number of halogens is 1. The molecule has 0 aliphatic rings. The van der Waals surface area contributed by atoms with Gasteiger partial charge in [-0.1, -0.05) is 23.7 Å². The number of rotatable bonds is 5. The normalized spacial score (nSPS) is 10.4. The molecular formula is C20H17ClN2O4S. The molecule has 0 unspecified atom stereocenters. The summed E-state index contributed by atoms with van der Waals surface area (Å²) in [5.74, 6) is 1.19. The van der Waals surface area contributed by atoms with Crippen LogP contribution in [0.3, 0.4) is 0 Å². The highest BCUT2D eigenvalue weighted by atomic mass is 35.5. The molecule has 1 aromatic heterocycles. The van der Waals surface area contributed by atoms with E-state index in [2.05, 4.69) is 10.6 Å². The fourth-order valence-corrected chi connectivity index (χ4v) is 2.98. The van der Waals surface area contributed by atoms with Crippen molar-refractivity contribution in [3.8, 4) is 17.1 Å². The molecule has 144 valence electrons. The van der Waals surface area contributed by atoms with Gasteiger partial charge in [-0.25, -0.2) is 0 Å². The molecule has 3 rings (SSSR count). The van der Waals surface area contributed by atoms with E-state index in [9.17, 15) is 4.79 Å². The zero-order valence-electron chi connectivity index (χ0n) is 14.9. The van der Waals surface area contributed by atoms with Gasteiger partial charge in [0.2, 0.25) is 0 Å². The zero-order chi connectivity index (χ0) is 20.1. The largest absolute Gasteiger partial charge is 0.495 e. The third-order valence-electron chi connectivity index (χ3n) is 3.86. The predicted octanol–water partition coefficient (Wildman–Crippen LogP) is 4.23. The number of amides is 1. The van der Waals surface area contributed by atoms with Gasteiger partial charge in [-0.3, -0.25) is 10.1 Å². The number of hydrogen-bond acceptors (Lipinski definition) is 5. The van der Waals surface area contributed by atoms with Crippen molar-refractivity contribution in [2.45, 2.75) is 6.61 Å². The summed E-state index contributed by atoms with van der Waals surface area (Å²) in [5.41, 5.74) is 1.84. The number of methoxy groups -OCH3 is 1. The summed E-state index contributed by atoms with van der Waals surface area (Å²) in [4.78, 5) is 12.3. The Morgan fingerprint density at radius 3 is 2.71 bits per heavy atom. The van der Waals surface area contributed by atoms with Crippen LogP contribution in [0.15, 0.2) is 59.0 Å². The maximum absolute atomic E-state index is 12.3. The molecule has 0 aliphatic carbocycles. The number of carbonyl (C=O) groups excluding carboxylic acids is 1. The van der Waals surface area contributed by atoms with E-state index in [1.54, 1.807) is 24.3 Å². The molecule has 0 bridgehead atoms. The zero-order valence-corrected chi connectivity index (χ0v) is 16.4. The lowest BCUT2D eigenvalue weighted by atomic mass is 10.1. The average molecular weight is 417 g/mol. The molecule has 0 fully saturated rings. The van der Waals surface area contributed by atoms with Crippen molar-refractivity contribution in [1.82, 2.24) is 5.32 Å². The van der Waals surface area contributed by atoms with Gasteiger partial charge in [0.25, 0.3) is 5.91 Å². The number of aliphatic hydroxyl groups excluding tert-OH is 1. The van der Waals surface area contributed by atoms with Crippen molar-refractivity contribution in [3.63, 3.8) is 0 Å². The second kappa shape index (κ2) is 8.88. The van der Waals surface area contributed by atoms with Crippen molar-refractivity contribution in [2.75, 3.05) is 12.4 Å². The molecule has 3 aromatic rings. The third-order valence-corrected chi connectivity index (χ3v) is 4.36.